The molecule has 0 spiro atoms. The molecule has 1 aromatic rings. The molecule has 0 heterocycles. The van der Waals surface area contributed by atoms with Gasteiger partial charge in [-0.15, -0.1) is 0 Å². The number of allylic oxidation sites excluding steroid dienone is 4. The van der Waals surface area contributed by atoms with Crippen LogP contribution >= 0.6 is 11.8 Å². The Hall–Kier alpha value is -1.21. The largest absolute Gasteiger partial charge is 0.0907 e. The van der Waals surface area contributed by atoms with Crippen LogP contribution in [0.5, 0.6) is 0 Å². The van der Waals surface area contributed by atoms with Crippen LogP contribution < -0.4 is 0 Å². The monoisotopic (exact) mass is 202 g/mol. The second-order valence-electron chi connectivity index (χ2n) is 2.77. The summed E-state index contributed by atoms with van der Waals surface area (Å²) in [5.74, 6) is 0. The van der Waals surface area contributed by atoms with Crippen molar-refractivity contribution in [2.45, 2.75) is 11.8 Å². The van der Waals surface area contributed by atoms with Crippen LogP contribution in [-0.4, -0.2) is 0 Å². The van der Waals surface area contributed by atoms with Crippen LogP contribution in [-0.2, 0) is 0 Å². The zero-order valence-corrected chi connectivity index (χ0v) is 9.13. The zero-order valence-electron chi connectivity index (χ0n) is 8.31. The van der Waals surface area contributed by atoms with Crippen molar-refractivity contribution in [2.75, 3.05) is 0 Å². The highest BCUT2D eigenvalue weighted by molar-refractivity contribution is 8.03. The summed E-state index contributed by atoms with van der Waals surface area (Å²) in [6.45, 7) is 5.96. The maximum absolute atomic E-state index is 3.96. The summed E-state index contributed by atoms with van der Waals surface area (Å²) >= 11 is 1.68. The second-order valence-corrected chi connectivity index (χ2v) is 3.97. The molecule has 0 aliphatic carbocycles. The van der Waals surface area contributed by atoms with Gasteiger partial charge in [0.15, 0.2) is 0 Å². The zero-order chi connectivity index (χ0) is 10.2. The molecule has 1 rings (SSSR count). The van der Waals surface area contributed by atoms with Gasteiger partial charge in [0.2, 0.25) is 0 Å². The fourth-order valence-corrected chi connectivity index (χ4v) is 1.69. The van der Waals surface area contributed by atoms with E-state index in [0.29, 0.717) is 0 Å². The van der Waals surface area contributed by atoms with E-state index in [1.54, 1.807) is 11.8 Å². The van der Waals surface area contributed by atoms with Gasteiger partial charge in [-0.3, -0.25) is 0 Å². The predicted molar refractivity (Wildman–Crippen MR) is 65.4 cm³/mol. The average molecular weight is 202 g/mol. The highest BCUT2D eigenvalue weighted by Crippen LogP contribution is 2.25. The van der Waals surface area contributed by atoms with E-state index in [9.17, 15) is 0 Å². The fraction of sp³-hybridized carbons (Fsp3) is 0.0769. The molecule has 0 N–H and O–H groups in total. The lowest BCUT2D eigenvalue weighted by Crippen LogP contribution is -1.69. The first-order valence-electron chi connectivity index (χ1n) is 4.54. The predicted octanol–water partition coefficient (Wildman–Crippen LogP) is 4.42. The highest BCUT2D eigenvalue weighted by atomic mass is 32.2. The van der Waals surface area contributed by atoms with Crippen LogP contribution in [0.2, 0.25) is 0 Å². The van der Waals surface area contributed by atoms with Crippen molar-refractivity contribution in [1.29, 1.82) is 0 Å². The highest BCUT2D eigenvalue weighted by Gasteiger charge is 1.92. The fourth-order valence-electron chi connectivity index (χ4n) is 0.948. The Morgan fingerprint density at radius 1 is 1.21 bits per heavy atom. The summed E-state index contributed by atoms with van der Waals surface area (Å²) in [4.78, 5) is 2.27. The van der Waals surface area contributed by atoms with Crippen molar-refractivity contribution in [3.8, 4) is 0 Å². The Labute approximate surface area is 90.0 Å². The van der Waals surface area contributed by atoms with E-state index in [-0.39, 0.29) is 0 Å². The van der Waals surface area contributed by atoms with Gasteiger partial charge in [-0.25, -0.2) is 0 Å². The number of hydrogen-bond donors (Lipinski definition) is 0. The van der Waals surface area contributed by atoms with E-state index in [4.69, 9.17) is 0 Å². The third kappa shape index (κ3) is 4.15. The molecule has 0 saturated carbocycles. The normalized spacial score (nSPS) is 11.2. The van der Waals surface area contributed by atoms with E-state index in [1.807, 2.05) is 49.4 Å². The molecule has 0 nitrogen and oxygen atoms in total. The molecule has 1 aromatic carbocycles. The minimum absolute atomic E-state index is 1.05. The van der Waals surface area contributed by atoms with Crippen LogP contribution in [0.25, 0.3) is 0 Å². The molecule has 0 fully saturated rings. The SMILES string of the molecule is C=C(/C=C\C=C/C)Sc1ccccc1. The molecule has 0 saturated heterocycles. The molecule has 0 aromatic heterocycles. The second kappa shape index (κ2) is 6.28. The molecule has 14 heavy (non-hydrogen) atoms. The smallest absolute Gasteiger partial charge is 0.0122 e. The van der Waals surface area contributed by atoms with Crippen molar-refractivity contribution in [3.05, 3.63) is 66.1 Å². The number of hydrogen-bond acceptors (Lipinski definition) is 1. The molecule has 0 amide bonds. The van der Waals surface area contributed by atoms with E-state index >= 15 is 0 Å². The topological polar surface area (TPSA) is 0 Å². The first kappa shape index (κ1) is 10.9. The lowest BCUT2D eigenvalue weighted by molar-refractivity contribution is 1.47. The van der Waals surface area contributed by atoms with Crippen LogP contribution in [0.3, 0.4) is 0 Å². The molecule has 1 heteroatoms. The van der Waals surface area contributed by atoms with Crippen molar-refractivity contribution in [1.82, 2.24) is 0 Å². The minimum atomic E-state index is 1.05. The van der Waals surface area contributed by atoms with E-state index < -0.39 is 0 Å². The van der Waals surface area contributed by atoms with Crippen molar-refractivity contribution < 1.29 is 0 Å². The van der Waals surface area contributed by atoms with Gasteiger partial charge < -0.3 is 0 Å². The van der Waals surface area contributed by atoms with Crippen molar-refractivity contribution in [3.63, 3.8) is 0 Å². The van der Waals surface area contributed by atoms with E-state index in [0.717, 1.165) is 4.91 Å². The quantitative estimate of drug-likeness (QED) is 0.514. The molecule has 0 atom stereocenters. The summed E-state index contributed by atoms with van der Waals surface area (Å²) in [7, 11) is 0. The van der Waals surface area contributed by atoms with Gasteiger partial charge in [0, 0.05) is 9.80 Å². The van der Waals surface area contributed by atoms with Crippen molar-refractivity contribution >= 4 is 11.8 Å². The maximum atomic E-state index is 3.96. The average Bonchev–Trinajstić information content (AvgIpc) is 2.20. The Kier molecular flexibility index (Phi) is 4.87. The Bertz CT molecular complexity index is 334. The number of rotatable bonds is 4. The Morgan fingerprint density at radius 3 is 2.57 bits per heavy atom. The van der Waals surface area contributed by atoms with Crippen LogP contribution in [0, 0.1) is 0 Å². The standard InChI is InChI=1S/C13H14S/c1-3-4-6-9-12(2)14-13-10-7-5-8-11-13/h3-11H,2H2,1H3/b4-3-,9-6-. The molecule has 0 unspecified atom stereocenters. The van der Waals surface area contributed by atoms with Gasteiger partial charge in [-0.2, -0.15) is 0 Å². The van der Waals surface area contributed by atoms with Gasteiger partial charge in [-0.05, 0) is 25.1 Å². The van der Waals surface area contributed by atoms with E-state index in [1.165, 1.54) is 4.90 Å². The molecule has 0 aliphatic rings. The maximum Gasteiger partial charge on any atom is 0.0122 e. The molecular weight excluding hydrogens is 188 g/mol. The first-order valence-corrected chi connectivity index (χ1v) is 5.36. The van der Waals surface area contributed by atoms with E-state index in [2.05, 4.69) is 18.7 Å². The molecule has 0 aliphatic heterocycles. The molecule has 0 bridgehead atoms. The Balaban J connectivity index is 2.50. The lowest BCUT2D eigenvalue weighted by atomic mass is 10.4. The number of benzene rings is 1. The molecular formula is C13H14S. The minimum Gasteiger partial charge on any atom is -0.0907 e. The molecule has 0 radical (unpaired) electrons. The van der Waals surface area contributed by atoms with Gasteiger partial charge in [0.25, 0.3) is 0 Å². The summed E-state index contributed by atoms with van der Waals surface area (Å²) in [5, 5.41) is 0. The molecule has 72 valence electrons. The van der Waals surface area contributed by atoms with Crippen LogP contribution in [0.15, 0.2) is 71.0 Å². The van der Waals surface area contributed by atoms with Crippen molar-refractivity contribution in [2.24, 2.45) is 0 Å². The van der Waals surface area contributed by atoms with Gasteiger partial charge in [0.05, 0.1) is 0 Å². The van der Waals surface area contributed by atoms with Gasteiger partial charge >= 0.3 is 0 Å². The number of thioether (sulfide) groups is 1. The van der Waals surface area contributed by atoms with Gasteiger partial charge in [0.1, 0.15) is 0 Å². The van der Waals surface area contributed by atoms with Crippen LogP contribution in [0.1, 0.15) is 6.92 Å². The summed E-state index contributed by atoms with van der Waals surface area (Å²) in [5.41, 5.74) is 0. The first-order chi connectivity index (χ1) is 6.83. The van der Waals surface area contributed by atoms with Crippen LogP contribution in [0.4, 0.5) is 0 Å². The van der Waals surface area contributed by atoms with Gasteiger partial charge in [-0.1, -0.05) is 54.8 Å². The lowest BCUT2D eigenvalue weighted by Gasteiger charge is -1.98. The third-order valence-corrected chi connectivity index (χ3v) is 2.48. The summed E-state index contributed by atoms with van der Waals surface area (Å²) < 4.78 is 0. The summed E-state index contributed by atoms with van der Waals surface area (Å²) in [6.07, 6.45) is 8.00. The Morgan fingerprint density at radius 2 is 1.93 bits per heavy atom. The third-order valence-electron chi connectivity index (χ3n) is 1.58. The summed E-state index contributed by atoms with van der Waals surface area (Å²) in [6, 6.07) is 10.2.